The van der Waals surface area contributed by atoms with Crippen LogP contribution in [-0.4, -0.2) is 26.9 Å². The van der Waals surface area contributed by atoms with E-state index in [1.165, 1.54) is 0 Å². The third-order valence-corrected chi connectivity index (χ3v) is 3.10. The summed E-state index contributed by atoms with van der Waals surface area (Å²) in [5.41, 5.74) is 1.27. The zero-order chi connectivity index (χ0) is 11.8. The molecule has 3 rings (SSSR count). The lowest BCUT2D eigenvalue weighted by molar-refractivity contribution is -0.122. The highest BCUT2D eigenvalue weighted by molar-refractivity contribution is 7.80. The molecule has 1 N–H and O–H groups in total. The number of thiocarbonyl (C=S) groups is 1. The van der Waals surface area contributed by atoms with Crippen molar-refractivity contribution in [3.8, 4) is 0 Å². The van der Waals surface area contributed by atoms with Crippen molar-refractivity contribution in [2.45, 2.75) is 18.9 Å². The average molecular weight is 245 g/mol. The lowest BCUT2D eigenvalue weighted by Gasteiger charge is -2.11. The van der Waals surface area contributed by atoms with Crippen LogP contribution in [0.5, 0.6) is 0 Å². The molecule has 1 saturated heterocycles. The summed E-state index contributed by atoms with van der Waals surface area (Å²) in [6.07, 6.45) is 5.52. The Kier molecular flexibility index (Phi) is 2.40. The van der Waals surface area contributed by atoms with Crippen molar-refractivity contribution >= 4 is 29.3 Å². The third kappa shape index (κ3) is 1.93. The molecule has 0 atom stereocenters. The molecule has 0 spiro atoms. The van der Waals surface area contributed by atoms with Crippen LogP contribution in [0.2, 0.25) is 0 Å². The van der Waals surface area contributed by atoms with Crippen molar-refractivity contribution < 1.29 is 4.79 Å². The van der Waals surface area contributed by atoms with Crippen LogP contribution >= 0.6 is 12.2 Å². The highest BCUT2D eigenvalue weighted by Gasteiger charge is 2.41. The van der Waals surface area contributed by atoms with Crippen LogP contribution in [0.25, 0.3) is 6.08 Å². The molecule has 0 unspecified atom stereocenters. The van der Waals surface area contributed by atoms with Gasteiger partial charge in [-0.25, -0.2) is 0 Å². The molecule has 86 valence electrons. The molecule has 1 aromatic rings. The monoisotopic (exact) mass is 245 g/mol. The van der Waals surface area contributed by atoms with E-state index in [4.69, 9.17) is 12.2 Å². The minimum absolute atomic E-state index is 0.0387. The van der Waals surface area contributed by atoms with Crippen molar-refractivity contribution in [2.75, 3.05) is 0 Å². The van der Waals surface area contributed by atoms with Crippen molar-refractivity contribution in [1.29, 1.82) is 0 Å². The van der Waals surface area contributed by atoms with Gasteiger partial charge in [-0.2, -0.15) is 0 Å². The molecule has 2 aliphatic rings. The van der Waals surface area contributed by atoms with E-state index in [1.807, 2.05) is 18.2 Å². The number of pyridine rings is 1. The zero-order valence-corrected chi connectivity index (χ0v) is 9.91. The first kappa shape index (κ1) is 10.4. The van der Waals surface area contributed by atoms with Crippen molar-refractivity contribution in [1.82, 2.24) is 15.2 Å². The fourth-order valence-corrected chi connectivity index (χ4v) is 2.16. The van der Waals surface area contributed by atoms with Crippen LogP contribution in [0.4, 0.5) is 0 Å². The summed E-state index contributed by atoms with van der Waals surface area (Å²) in [4.78, 5) is 17.9. The minimum atomic E-state index is -0.0387. The van der Waals surface area contributed by atoms with Crippen LogP contribution in [0.1, 0.15) is 18.5 Å². The summed E-state index contributed by atoms with van der Waals surface area (Å²) >= 11 is 5.16. The molecule has 1 amide bonds. The standard InChI is InChI=1S/C12H11N3OS/c16-11-10(7-8-3-1-2-6-13-8)14-12(17)15(11)9-4-5-9/h1-3,6-7,9H,4-5H2,(H,14,17)/b10-7+. The summed E-state index contributed by atoms with van der Waals surface area (Å²) in [5, 5.41) is 3.47. The van der Waals surface area contributed by atoms with Crippen LogP contribution in [-0.2, 0) is 4.79 Å². The second kappa shape index (κ2) is 3.92. The largest absolute Gasteiger partial charge is 0.328 e. The van der Waals surface area contributed by atoms with Crippen LogP contribution in [0.3, 0.4) is 0 Å². The lowest BCUT2D eigenvalue weighted by atomic mass is 10.3. The van der Waals surface area contributed by atoms with Gasteiger partial charge in [0.25, 0.3) is 5.91 Å². The number of hydrogen-bond donors (Lipinski definition) is 1. The van der Waals surface area contributed by atoms with Gasteiger partial charge in [-0.15, -0.1) is 0 Å². The van der Waals surface area contributed by atoms with E-state index in [0.29, 0.717) is 16.9 Å². The molecule has 1 aliphatic heterocycles. The Bertz CT molecular complexity index is 508. The summed E-state index contributed by atoms with van der Waals surface area (Å²) in [6, 6.07) is 5.88. The van der Waals surface area contributed by atoms with E-state index in [2.05, 4.69) is 10.3 Å². The Morgan fingerprint density at radius 1 is 1.47 bits per heavy atom. The maximum atomic E-state index is 12.1. The smallest absolute Gasteiger partial charge is 0.276 e. The summed E-state index contributed by atoms with van der Waals surface area (Å²) in [5.74, 6) is -0.0387. The first-order valence-electron chi connectivity index (χ1n) is 5.53. The van der Waals surface area contributed by atoms with Crippen molar-refractivity contribution in [2.24, 2.45) is 0 Å². The maximum Gasteiger partial charge on any atom is 0.276 e. The molecular weight excluding hydrogens is 234 g/mol. The Hall–Kier alpha value is -1.75. The van der Waals surface area contributed by atoms with Crippen molar-refractivity contribution in [3.05, 3.63) is 35.8 Å². The number of carbonyl (C=O) groups excluding carboxylic acids is 1. The first-order valence-corrected chi connectivity index (χ1v) is 5.94. The highest BCUT2D eigenvalue weighted by Crippen LogP contribution is 2.30. The van der Waals surface area contributed by atoms with Gasteiger partial charge in [0.2, 0.25) is 0 Å². The van der Waals surface area contributed by atoms with Crippen molar-refractivity contribution in [3.63, 3.8) is 0 Å². The molecular formula is C12H11N3OS. The Labute approximate surface area is 104 Å². The summed E-state index contributed by atoms with van der Waals surface area (Å²) in [6.45, 7) is 0. The van der Waals surface area contributed by atoms with Gasteiger partial charge in [0, 0.05) is 12.2 Å². The SMILES string of the molecule is O=C1/C(=C\c2ccccn2)NC(=S)N1C1CC1. The van der Waals surface area contributed by atoms with Gasteiger partial charge in [-0.05, 0) is 43.3 Å². The molecule has 0 aromatic carbocycles. The van der Waals surface area contributed by atoms with Gasteiger partial charge in [0.15, 0.2) is 5.11 Å². The molecule has 2 fully saturated rings. The van der Waals surface area contributed by atoms with Gasteiger partial charge in [0.05, 0.1) is 5.69 Å². The topological polar surface area (TPSA) is 45.2 Å². The minimum Gasteiger partial charge on any atom is -0.328 e. The number of amides is 1. The van der Waals surface area contributed by atoms with E-state index in [1.54, 1.807) is 17.2 Å². The molecule has 1 saturated carbocycles. The Morgan fingerprint density at radius 2 is 2.29 bits per heavy atom. The predicted molar refractivity (Wildman–Crippen MR) is 67.8 cm³/mol. The normalized spacial score (nSPS) is 22.1. The predicted octanol–water partition coefficient (Wildman–Crippen LogP) is 1.30. The number of hydrogen-bond acceptors (Lipinski definition) is 3. The molecule has 2 heterocycles. The van der Waals surface area contributed by atoms with Gasteiger partial charge in [0.1, 0.15) is 5.70 Å². The van der Waals surface area contributed by atoms with E-state index in [-0.39, 0.29) is 5.91 Å². The van der Waals surface area contributed by atoms with Crippen LogP contribution in [0.15, 0.2) is 30.1 Å². The van der Waals surface area contributed by atoms with Crippen LogP contribution < -0.4 is 5.32 Å². The fourth-order valence-electron chi connectivity index (χ4n) is 1.82. The van der Waals surface area contributed by atoms with E-state index < -0.39 is 0 Å². The molecule has 0 radical (unpaired) electrons. The highest BCUT2D eigenvalue weighted by atomic mass is 32.1. The quantitative estimate of drug-likeness (QED) is 0.630. The number of rotatable bonds is 2. The lowest BCUT2D eigenvalue weighted by Crippen LogP contribution is -2.32. The molecule has 5 heteroatoms. The maximum absolute atomic E-state index is 12.1. The Morgan fingerprint density at radius 3 is 2.94 bits per heavy atom. The number of aromatic nitrogens is 1. The first-order chi connectivity index (χ1) is 8.25. The zero-order valence-electron chi connectivity index (χ0n) is 9.09. The fraction of sp³-hybridized carbons (Fsp3) is 0.250. The second-order valence-corrected chi connectivity index (χ2v) is 4.54. The van der Waals surface area contributed by atoms with E-state index in [0.717, 1.165) is 18.5 Å². The van der Waals surface area contributed by atoms with E-state index in [9.17, 15) is 4.79 Å². The molecule has 1 aliphatic carbocycles. The van der Waals surface area contributed by atoms with Gasteiger partial charge < -0.3 is 5.32 Å². The molecule has 0 bridgehead atoms. The number of nitrogens with one attached hydrogen (secondary N) is 1. The van der Waals surface area contributed by atoms with Gasteiger partial charge in [-0.3, -0.25) is 14.7 Å². The number of nitrogens with zero attached hydrogens (tertiary/aromatic N) is 2. The molecule has 4 nitrogen and oxygen atoms in total. The Balaban J connectivity index is 1.88. The average Bonchev–Trinajstić information content (AvgIpc) is 3.10. The van der Waals surface area contributed by atoms with E-state index >= 15 is 0 Å². The van der Waals surface area contributed by atoms with Gasteiger partial charge >= 0.3 is 0 Å². The second-order valence-electron chi connectivity index (χ2n) is 4.15. The van der Waals surface area contributed by atoms with Gasteiger partial charge in [-0.1, -0.05) is 6.07 Å². The summed E-state index contributed by atoms with van der Waals surface area (Å²) in [7, 11) is 0. The molecule has 17 heavy (non-hydrogen) atoms. The summed E-state index contributed by atoms with van der Waals surface area (Å²) < 4.78 is 0. The number of carbonyl (C=O) groups is 1. The molecule has 1 aromatic heterocycles. The van der Waals surface area contributed by atoms with Crippen LogP contribution in [0, 0.1) is 0 Å². The third-order valence-electron chi connectivity index (χ3n) is 2.80.